The summed E-state index contributed by atoms with van der Waals surface area (Å²) < 4.78 is 42.6. The number of carbonyl (C=O) groups excluding carboxylic acids is 1. The van der Waals surface area contributed by atoms with E-state index < -0.39 is 23.9 Å². The van der Waals surface area contributed by atoms with E-state index in [0.717, 1.165) is 16.9 Å². The normalized spacial score (nSPS) is 13.8. The third-order valence-electron chi connectivity index (χ3n) is 2.26. The van der Waals surface area contributed by atoms with Crippen LogP contribution in [0.15, 0.2) is 12.3 Å². The highest BCUT2D eigenvalue weighted by Gasteiger charge is 2.35. The fraction of sp³-hybridized carbons (Fsp3) is 0.600. The van der Waals surface area contributed by atoms with Crippen LogP contribution in [0, 0.1) is 5.92 Å². The lowest BCUT2D eigenvalue weighted by Gasteiger charge is -2.18. The first-order valence-corrected chi connectivity index (χ1v) is 4.97. The summed E-state index contributed by atoms with van der Waals surface area (Å²) in [5.74, 6) is -0.833. The third-order valence-corrected chi connectivity index (χ3v) is 2.26. The molecule has 0 fully saturated rings. The molecule has 17 heavy (non-hydrogen) atoms. The Morgan fingerprint density at radius 2 is 2.06 bits per heavy atom. The molecule has 1 unspecified atom stereocenters. The highest BCUT2D eigenvalue weighted by Crippen LogP contribution is 2.29. The lowest BCUT2D eigenvalue weighted by atomic mass is 10.1. The van der Waals surface area contributed by atoms with Crippen molar-refractivity contribution in [2.45, 2.75) is 26.1 Å². The van der Waals surface area contributed by atoms with Gasteiger partial charge < -0.3 is 4.74 Å². The molecule has 1 aromatic rings. The minimum absolute atomic E-state index is 0.219. The zero-order valence-electron chi connectivity index (χ0n) is 9.65. The molecule has 0 aliphatic heterocycles. The summed E-state index contributed by atoms with van der Waals surface area (Å²) in [7, 11) is 1.19. The molecule has 1 heterocycles. The van der Waals surface area contributed by atoms with Crippen molar-refractivity contribution in [1.82, 2.24) is 9.78 Å². The number of methoxy groups -OCH3 is 1. The summed E-state index contributed by atoms with van der Waals surface area (Å²) >= 11 is 0. The molecule has 0 spiro atoms. The van der Waals surface area contributed by atoms with Crippen molar-refractivity contribution in [1.29, 1.82) is 0 Å². The van der Waals surface area contributed by atoms with E-state index in [-0.39, 0.29) is 5.92 Å². The fourth-order valence-corrected chi connectivity index (χ4v) is 1.45. The number of hydrogen-bond acceptors (Lipinski definition) is 3. The monoisotopic (exact) mass is 250 g/mol. The summed E-state index contributed by atoms with van der Waals surface area (Å²) in [4.78, 5) is 11.4. The second-order valence-electron chi connectivity index (χ2n) is 3.89. The molecule has 0 N–H and O–H groups in total. The van der Waals surface area contributed by atoms with Gasteiger partial charge in [-0.2, -0.15) is 18.3 Å². The minimum atomic E-state index is -4.51. The summed E-state index contributed by atoms with van der Waals surface area (Å²) in [6.45, 7) is 3.41. The van der Waals surface area contributed by atoms with Gasteiger partial charge in [-0.05, 0) is 12.0 Å². The van der Waals surface area contributed by atoms with Crippen LogP contribution in [0.2, 0.25) is 0 Å². The molecule has 4 nitrogen and oxygen atoms in total. The second-order valence-corrected chi connectivity index (χ2v) is 3.89. The average Bonchev–Trinajstić information content (AvgIpc) is 2.65. The molecule has 1 atom stereocenters. The highest BCUT2D eigenvalue weighted by atomic mass is 19.4. The molecule has 0 radical (unpaired) electrons. The Morgan fingerprint density at radius 3 is 2.41 bits per heavy atom. The number of rotatable bonds is 3. The van der Waals surface area contributed by atoms with Crippen molar-refractivity contribution >= 4 is 5.97 Å². The number of carbonyl (C=O) groups is 1. The molecule has 96 valence electrons. The van der Waals surface area contributed by atoms with E-state index in [9.17, 15) is 18.0 Å². The maximum atomic E-state index is 12.4. The molecular weight excluding hydrogens is 237 g/mol. The first kappa shape index (κ1) is 13.5. The minimum Gasteiger partial charge on any atom is -0.467 e. The van der Waals surface area contributed by atoms with Crippen LogP contribution in [0.25, 0.3) is 0 Å². The molecule has 7 heteroatoms. The van der Waals surface area contributed by atoms with E-state index >= 15 is 0 Å². The SMILES string of the molecule is COC(=O)C(C(C)C)n1ccc(C(F)(F)F)n1. The van der Waals surface area contributed by atoms with Gasteiger partial charge in [0.1, 0.15) is 0 Å². The van der Waals surface area contributed by atoms with Gasteiger partial charge in [0.15, 0.2) is 11.7 Å². The third kappa shape index (κ3) is 2.98. The number of alkyl halides is 3. The molecule has 0 amide bonds. The van der Waals surface area contributed by atoms with Gasteiger partial charge in [-0.3, -0.25) is 4.68 Å². The molecule has 0 aromatic carbocycles. The molecule has 0 aliphatic carbocycles. The van der Waals surface area contributed by atoms with Gasteiger partial charge >= 0.3 is 12.1 Å². The number of ether oxygens (including phenoxy) is 1. The second kappa shape index (κ2) is 4.77. The zero-order valence-corrected chi connectivity index (χ0v) is 9.65. The lowest BCUT2D eigenvalue weighted by molar-refractivity contribution is -0.148. The maximum Gasteiger partial charge on any atom is 0.435 e. The molecule has 1 aromatic heterocycles. The van der Waals surface area contributed by atoms with Gasteiger partial charge in [-0.1, -0.05) is 13.8 Å². The number of hydrogen-bond donors (Lipinski definition) is 0. The standard InChI is InChI=1S/C10H13F3N2O2/c1-6(2)8(9(16)17-3)15-5-4-7(14-15)10(11,12)13/h4-6,8H,1-3H3. The van der Waals surface area contributed by atoms with Crippen molar-refractivity contribution in [3.63, 3.8) is 0 Å². The Labute approximate surface area is 96.4 Å². The largest absolute Gasteiger partial charge is 0.467 e. The molecule has 0 aliphatic rings. The van der Waals surface area contributed by atoms with E-state index in [4.69, 9.17) is 0 Å². The van der Waals surface area contributed by atoms with Crippen LogP contribution in [0.1, 0.15) is 25.6 Å². The van der Waals surface area contributed by atoms with E-state index in [1.807, 2.05) is 0 Å². The van der Waals surface area contributed by atoms with Crippen LogP contribution in [-0.2, 0) is 15.7 Å². The quantitative estimate of drug-likeness (QED) is 0.773. The molecular formula is C10H13F3N2O2. The van der Waals surface area contributed by atoms with Gasteiger partial charge in [-0.25, -0.2) is 4.79 Å². The van der Waals surface area contributed by atoms with Crippen molar-refractivity contribution in [2.24, 2.45) is 5.92 Å². The summed E-state index contributed by atoms with van der Waals surface area (Å²) in [5, 5.41) is 3.36. The van der Waals surface area contributed by atoms with Crippen LogP contribution >= 0.6 is 0 Å². The number of halogens is 3. The predicted molar refractivity (Wildman–Crippen MR) is 53.1 cm³/mol. The first-order chi connectivity index (χ1) is 7.77. The van der Waals surface area contributed by atoms with Gasteiger partial charge in [0.05, 0.1) is 7.11 Å². The summed E-state index contributed by atoms with van der Waals surface area (Å²) in [5.41, 5.74) is -1.02. The Morgan fingerprint density at radius 1 is 1.47 bits per heavy atom. The van der Waals surface area contributed by atoms with Gasteiger partial charge in [0.2, 0.25) is 0 Å². The van der Waals surface area contributed by atoms with Crippen molar-refractivity contribution in [2.75, 3.05) is 7.11 Å². The summed E-state index contributed by atoms with van der Waals surface area (Å²) in [6, 6.07) is -0.0192. The topological polar surface area (TPSA) is 44.1 Å². The number of aromatic nitrogens is 2. The Hall–Kier alpha value is -1.53. The van der Waals surface area contributed by atoms with Crippen molar-refractivity contribution in [3.05, 3.63) is 18.0 Å². The fourth-order valence-electron chi connectivity index (χ4n) is 1.45. The Balaban J connectivity index is 3.05. The first-order valence-electron chi connectivity index (χ1n) is 4.97. The van der Waals surface area contributed by atoms with Gasteiger partial charge in [0.25, 0.3) is 0 Å². The summed E-state index contributed by atoms with van der Waals surface area (Å²) in [6.07, 6.45) is -3.38. The van der Waals surface area contributed by atoms with E-state index in [1.54, 1.807) is 13.8 Å². The molecule has 1 rings (SSSR count). The van der Waals surface area contributed by atoms with Crippen LogP contribution < -0.4 is 0 Å². The number of nitrogens with zero attached hydrogens (tertiary/aromatic N) is 2. The molecule has 0 bridgehead atoms. The van der Waals surface area contributed by atoms with E-state index in [1.165, 1.54) is 7.11 Å². The Kier molecular flexibility index (Phi) is 3.79. The van der Waals surface area contributed by atoms with E-state index in [2.05, 4.69) is 9.84 Å². The smallest absolute Gasteiger partial charge is 0.435 e. The highest BCUT2D eigenvalue weighted by molar-refractivity contribution is 5.74. The zero-order chi connectivity index (χ0) is 13.2. The van der Waals surface area contributed by atoms with E-state index in [0.29, 0.717) is 0 Å². The van der Waals surface area contributed by atoms with Crippen molar-refractivity contribution < 1.29 is 22.7 Å². The molecule has 0 saturated heterocycles. The number of esters is 1. The van der Waals surface area contributed by atoms with Crippen LogP contribution in [0.4, 0.5) is 13.2 Å². The van der Waals surface area contributed by atoms with Crippen LogP contribution in [-0.4, -0.2) is 22.9 Å². The van der Waals surface area contributed by atoms with Crippen LogP contribution in [0.3, 0.4) is 0 Å². The Bertz CT molecular complexity index is 399. The lowest BCUT2D eigenvalue weighted by Crippen LogP contribution is -2.26. The molecule has 0 saturated carbocycles. The van der Waals surface area contributed by atoms with Crippen LogP contribution in [0.5, 0.6) is 0 Å². The van der Waals surface area contributed by atoms with Crippen molar-refractivity contribution in [3.8, 4) is 0 Å². The van der Waals surface area contributed by atoms with Gasteiger partial charge in [-0.15, -0.1) is 0 Å². The average molecular weight is 250 g/mol. The predicted octanol–water partition coefficient (Wildman–Crippen LogP) is 2.27. The van der Waals surface area contributed by atoms with Gasteiger partial charge in [0, 0.05) is 6.20 Å². The maximum absolute atomic E-state index is 12.4.